The van der Waals surface area contributed by atoms with Crippen LogP contribution in [-0.2, 0) is 6.54 Å². The molecule has 146 valence electrons. The maximum atomic E-state index is 12.6. The van der Waals surface area contributed by atoms with Crippen LogP contribution in [-0.4, -0.2) is 39.6 Å². The quantitative estimate of drug-likeness (QED) is 0.606. The van der Waals surface area contributed by atoms with E-state index in [0.29, 0.717) is 21.7 Å². The lowest BCUT2D eigenvalue weighted by molar-refractivity contribution is 0.253. The number of fused-ring (bicyclic) bond motifs is 1. The highest BCUT2D eigenvalue weighted by molar-refractivity contribution is 6.42. The molecule has 0 spiro atoms. The third-order valence-electron chi connectivity index (χ3n) is 4.85. The van der Waals surface area contributed by atoms with Gasteiger partial charge in [-0.05, 0) is 36.2 Å². The van der Waals surface area contributed by atoms with Crippen molar-refractivity contribution < 1.29 is 4.79 Å². The van der Waals surface area contributed by atoms with Crippen LogP contribution in [0.5, 0.6) is 0 Å². The summed E-state index contributed by atoms with van der Waals surface area (Å²) >= 11 is 12.0. The summed E-state index contributed by atoms with van der Waals surface area (Å²) in [6, 6.07) is 10.2. The van der Waals surface area contributed by atoms with Gasteiger partial charge in [0.2, 0.25) is 0 Å². The number of carbonyl (C=O) groups excluding carboxylic acids is 1. The van der Waals surface area contributed by atoms with E-state index >= 15 is 0 Å². The number of nitrogens with two attached hydrogens (primary N) is 1. The van der Waals surface area contributed by atoms with Crippen molar-refractivity contribution in [2.24, 2.45) is 5.73 Å². The number of nitrogens with zero attached hydrogens (tertiary/aromatic N) is 2. The molecule has 1 aliphatic rings. The number of halogens is 2. The summed E-state index contributed by atoms with van der Waals surface area (Å²) in [6.07, 6.45) is 1.02. The summed E-state index contributed by atoms with van der Waals surface area (Å²) in [7, 11) is 0. The fourth-order valence-electron chi connectivity index (χ4n) is 3.44. The molecule has 0 radical (unpaired) electrons. The van der Waals surface area contributed by atoms with E-state index in [4.69, 9.17) is 28.9 Å². The number of hydrogen-bond acceptors (Lipinski definition) is 4. The van der Waals surface area contributed by atoms with Crippen molar-refractivity contribution in [3.63, 3.8) is 0 Å². The number of anilines is 1. The number of benzene rings is 2. The molecule has 1 aliphatic heterocycles. The van der Waals surface area contributed by atoms with E-state index in [9.17, 15) is 9.59 Å². The van der Waals surface area contributed by atoms with Gasteiger partial charge in [0.15, 0.2) is 0 Å². The van der Waals surface area contributed by atoms with E-state index in [2.05, 4.69) is 15.2 Å². The molecular formula is C19H19Cl2N5O2. The van der Waals surface area contributed by atoms with E-state index in [0.717, 1.165) is 36.2 Å². The summed E-state index contributed by atoms with van der Waals surface area (Å²) in [5.41, 5.74) is 7.90. The highest BCUT2D eigenvalue weighted by atomic mass is 35.5. The Morgan fingerprint density at radius 1 is 1.21 bits per heavy atom. The second kappa shape index (κ2) is 7.60. The van der Waals surface area contributed by atoms with E-state index in [-0.39, 0.29) is 11.1 Å². The van der Waals surface area contributed by atoms with Crippen LogP contribution in [0.4, 0.5) is 10.5 Å². The first-order chi connectivity index (χ1) is 13.4. The summed E-state index contributed by atoms with van der Waals surface area (Å²) < 4.78 is 0.997. The number of likely N-dealkylation sites (tertiary alicyclic amines) is 1. The Hall–Kier alpha value is -2.32. The van der Waals surface area contributed by atoms with Gasteiger partial charge in [0, 0.05) is 31.4 Å². The average molecular weight is 420 g/mol. The van der Waals surface area contributed by atoms with E-state index in [1.54, 1.807) is 0 Å². The molecule has 9 heteroatoms. The van der Waals surface area contributed by atoms with Gasteiger partial charge in [0.05, 0.1) is 21.1 Å². The Morgan fingerprint density at radius 2 is 1.93 bits per heavy atom. The molecule has 4 rings (SSSR count). The van der Waals surface area contributed by atoms with E-state index in [1.807, 2.05) is 24.3 Å². The highest BCUT2D eigenvalue weighted by Crippen LogP contribution is 2.26. The predicted molar refractivity (Wildman–Crippen MR) is 111 cm³/mol. The number of imidazole rings is 1. The minimum Gasteiger partial charge on any atom is -0.326 e. The smallest absolute Gasteiger partial charge is 0.326 e. The van der Waals surface area contributed by atoms with Gasteiger partial charge < -0.3 is 16.0 Å². The molecule has 1 aromatic heterocycles. The molecule has 0 saturated carbocycles. The second-order valence-corrected chi connectivity index (χ2v) is 7.77. The summed E-state index contributed by atoms with van der Waals surface area (Å²) in [5.74, 6) is 0. The monoisotopic (exact) mass is 419 g/mol. The van der Waals surface area contributed by atoms with Crippen LogP contribution in [0, 0.1) is 0 Å². The molecule has 1 saturated heterocycles. The van der Waals surface area contributed by atoms with Crippen LogP contribution in [0.1, 0.15) is 12.0 Å². The van der Waals surface area contributed by atoms with Crippen molar-refractivity contribution in [3.8, 4) is 0 Å². The molecule has 1 amide bonds. The lowest BCUT2D eigenvalue weighted by Crippen LogP contribution is -2.29. The van der Waals surface area contributed by atoms with Crippen LogP contribution in [0.15, 0.2) is 41.2 Å². The number of nitrogens with one attached hydrogen (secondary N) is 2. The standard InChI is InChI=1S/C19H19Cl2N5O2/c20-14-7-16-17(8-15(14)21)26(19(28)24-16)18(27)23-13-3-1-11(2-4-13)9-25-6-5-12(22)10-25/h1-4,7-8,12H,5-6,9-10,22H2,(H,23,27)(H,24,28). The van der Waals surface area contributed by atoms with Gasteiger partial charge in [-0.2, -0.15) is 0 Å². The normalized spacial score (nSPS) is 17.3. The average Bonchev–Trinajstić information content (AvgIpc) is 3.19. The van der Waals surface area contributed by atoms with Crippen LogP contribution in [0.3, 0.4) is 0 Å². The molecule has 1 unspecified atom stereocenters. The molecule has 2 heterocycles. The van der Waals surface area contributed by atoms with Gasteiger partial charge in [0.25, 0.3) is 0 Å². The van der Waals surface area contributed by atoms with Gasteiger partial charge in [-0.3, -0.25) is 4.90 Å². The molecule has 1 fully saturated rings. The van der Waals surface area contributed by atoms with Crippen molar-refractivity contribution in [3.05, 3.63) is 62.5 Å². The first-order valence-corrected chi connectivity index (χ1v) is 9.64. The lowest BCUT2D eigenvalue weighted by atomic mass is 10.2. The maximum absolute atomic E-state index is 12.6. The number of H-pyrrole nitrogens is 1. The first kappa shape index (κ1) is 19.0. The maximum Gasteiger partial charge on any atom is 0.334 e. The zero-order valence-corrected chi connectivity index (χ0v) is 16.4. The fourth-order valence-corrected chi connectivity index (χ4v) is 3.76. The minimum atomic E-state index is -0.576. The van der Waals surface area contributed by atoms with Crippen molar-refractivity contribution >= 4 is 46.0 Å². The Morgan fingerprint density at radius 3 is 2.61 bits per heavy atom. The largest absolute Gasteiger partial charge is 0.334 e. The van der Waals surface area contributed by atoms with E-state index in [1.165, 1.54) is 12.1 Å². The van der Waals surface area contributed by atoms with Crippen molar-refractivity contribution in [2.75, 3.05) is 18.4 Å². The fraction of sp³-hybridized carbons (Fsp3) is 0.263. The molecule has 2 aromatic carbocycles. The minimum absolute atomic E-state index is 0.247. The van der Waals surface area contributed by atoms with Crippen molar-refractivity contribution in [1.82, 2.24) is 14.5 Å². The number of aromatic nitrogens is 2. The predicted octanol–water partition coefficient (Wildman–Crippen LogP) is 3.25. The SMILES string of the molecule is NC1CCN(Cc2ccc(NC(=O)n3c(=O)[nH]c4cc(Cl)c(Cl)cc43)cc2)C1. The summed E-state index contributed by atoms with van der Waals surface area (Å²) in [4.78, 5) is 29.8. The Kier molecular flexibility index (Phi) is 5.16. The van der Waals surface area contributed by atoms with Crippen LogP contribution in [0.2, 0.25) is 10.0 Å². The number of rotatable bonds is 3. The topological polar surface area (TPSA) is 96.2 Å². The molecule has 28 heavy (non-hydrogen) atoms. The number of hydrogen-bond donors (Lipinski definition) is 3. The third-order valence-corrected chi connectivity index (χ3v) is 5.57. The number of amides is 1. The van der Waals surface area contributed by atoms with Crippen molar-refractivity contribution in [2.45, 2.75) is 19.0 Å². The second-order valence-electron chi connectivity index (χ2n) is 6.96. The zero-order valence-electron chi connectivity index (χ0n) is 14.9. The van der Waals surface area contributed by atoms with Crippen molar-refractivity contribution in [1.29, 1.82) is 0 Å². The van der Waals surface area contributed by atoms with Gasteiger partial charge in [-0.15, -0.1) is 0 Å². The van der Waals surface area contributed by atoms with Gasteiger partial charge in [0.1, 0.15) is 0 Å². The van der Waals surface area contributed by atoms with Gasteiger partial charge >= 0.3 is 11.7 Å². The van der Waals surface area contributed by atoms with Crippen LogP contribution < -0.4 is 16.7 Å². The Labute approximate surface area is 171 Å². The number of carbonyl (C=O) groups is 1. The molecular weight excluding hydrogens is 401 g/mol. The lowest BCUT2D eigenvalue weighted by Gasteiger charge is -2.15. The molecule has 3 aromatic rings. The zero-order chi connectivity index (χ0) is 19.8. The van der Waals surface area contributed by atoms with Crippen LogP contribution >= 0.6 is 23.2 Å². The summed E-state index contributed by atoms with van der Waals surface area (Å²) in [5, 5.41) is 3.30. The van der Waals surface area contributed by atoms with Gasteiger partial charge in [-0.25, -0.2) is 14.2 Å². The molecule has 4 N–H and O–H groups in total. The van der Waals surface area contributed by atoms with Crippen LogP contribution in [0.25, 0.3) is 11.0 Å². The third kappa shape index (κ3) is 3.79. The highest BCUT2D eigenvalue weighted by Gasteiger charge is 2.19. The number of aromatic amines is 1. The van der Waals surface area contributed by atoms with E-state index < -0.39 is 11.7 Å². The molecule has 0 bridgehead atoms. The molecule has 1 atom stereocenters. The first-order valence-electron chi connectivity index (χ1n) is 8.89. The van der Waals surface area contributed by atoms with Gasteiger partial charge in [-0.1, -0.05) is 35.3 Å². The molecule has 7 nitrogen and oxygen atoms in total. The molecule has 0 aliphatic carbocycles. The summed E-state index contributed by atoms with van der Waals surface area (Å²) in [6.45, 7) is 2.72. The Bertz CT molecular complexity index is 1090. The Balaban J connectivity index is 1.51.